The Morgan fingerprint density at radius 3 is 2.44 bits per heavy atom. The molecule has 0 bridgehead atoms. The minimum atomic E-state index is -0.0194. The zero-order chi connectivity index (χ0) is 13.8. The summed E-state index contributed by atoms with van der Waals surface area (Å²) in [6.45, 7) is 7.78. The summed E-state index contributed by atoms with van der Waals surface area (Å²) in [6, 6.07) is 3.73. The van der Waals surface area contributed by atoms with Crippen molar-refractivity contribution in [2.24, 2.45) is 0 Å². The van der Waals surface area contributed by atoms with E-state index in [0.717, 1.165) is 18.5 Å². The van der Waals surface area contributed by atoms with E-state index in [1.807, 2.05) is 26.1 Å². The fraction of sp³-hybridized carbons (Fsp3) is 0.571. The third-order valence-corrected chi connectivity index (χ3v) is 3.66. The van der Waals surface area contributed by atoms with E-state index in [1.165, 1.54) is 0 Å². The second-order valence-corrected chi connectivity index (χ2v) is 5.75. The largest absolute Gasteiger partial charge is 0.492 e. The van der Waals surface area contributed by atoms with Crippen molar-refractivity contribution in [3.8, 4) is 5.75 Å². The van der Waals surface area contributed by atoms with Crippen LogP contribution in [-0.2, 0) is 5.41 Å². The van der Waals surface area contributed by atoms with Crippen LogP contribution in [0.4, 0.5) is 0 Å². The molecular formula is C14H21Cl2NO. The van der Waals surface area contributed by atoms with Crippen LogP contribution in [0.5, 0.6) is 5.75 Å². The van der Waals surface area contributed by atoms with Crippen molar-refractivity contribution < 1.29 is 4.74 Å². The number of rotatable bonds is 6. The molecule has 4 heteroatoms. The van der Waals surface area contributed by atoms with Gasteiger partial charge in [0.1, 0.15) is 5.75 Å². The van der Waals surface area contributed by atoms with E-state index in [0.29, 0.717) is 22.4 Å². The van der Waals surface area contributed by atoms with Crippen molar-refractivity contribution in [2.75, 3.05) is 20.2 Å². The lowest BCUT2D eigenvalue weighted by molar-refractivity contribution is 0.340. The standard InChI is InChI=1S/C14H21Cl2NO/c1-5-18-13-9-11(15)10(8-12(13)16)14(2,3)6-7-17-4/h8-9,17H,5-7H2,1-4H3. The van der Waals surface area contributed by atoms with Gasteiger partial charge in [-0.15, -0.1) is 0 Å². The van der Waals surface area contributed by atoms with Gasteiger partial charge in [0.2, 0.25) is 0 Å². The maximum atomic E-state index is 6.34. The van der Waals surface area contributed by atoms with Gasteiger partial charge in [-0.1, -0.05) is 37.0 Å². The van der Waals surface area contributed by atoms with E-state index in [2.05, 4.69) is 19.2 Å². The first-order valence-corrected chi connectivity index (χ1v) is 6.95. The molecule has 0 aliphatic heterocycles. The number of hydrogen-bond acceptors (Lipinski definition) is 2. The Morgan fingerprint density at radius 2 is 1.89 bits per heavy atom. The molecule has 1 N–H and O–H groups in total. The molecule has 0 saturated carbocycles. The summed E-state index contributed by atoms with van der Waals surface area (Å²) in [5.74, 6) is 0.650. The molecule has 18 heavy (non-hydrogen) atoms. The minimum absolute atomic E-state index is 0.0194. The Kier molecular flexibility index (Phi) is 5.77. The fourth-order valence-corrected chi connectivity index (χ4v) is 2.51. The minimum Gasteiger partial charge on any atom is -0.492 e. The Hall–Kier alpha value is -0.440. The molecule has 0 saturated heterocycles. The lowest BCUT2D eigenvalue weighted by Crippen LogP contribution is -2.24. The summed E-state index contributed by atoms with van der Waals surface area (Å²) >= 11 is 12.6. The Labute approximate surface area is 120 Å². The van der Waals surface area contributed by atoms with E-state index in [9.17, 15) is 0 Å². The molecule has 1 aromatic rings. The number of benzene rings is 1. The zero-order valence-corrected chi connectivity index (χ0v) is 13.0. The topological polar surface area (TPSA) is 21.3 Å². The first-order chi connectivity index (χ1) is 8.42. The summed E-state index contributed by atoms with van der Waals surface area (Å²) < 4.78 is 5.44. The van der Waals surface area contributed by atoms with Gasteiger partial charge >= 0.3 is 0 Å². The summed E-state index contributed by atoms with van der Waals surface area (Å²) in [5, 5.41) is 4.49. The fourth-order valence-electron chi connectivity index (χ4n) is 1.89. The highest BCUT2D eigenvalue weighted by Gasteiger charge is 2.24. The molecule has 0 aliphatic rings. The molecule has 0 radical (unpaired) electrons. The van der Waals surface area contributed by atoms with Crippen LogP contribution in [0.3, 0.4) is 0 Å². The monoisotopic (exact) mass is 289 g/mol. The first-order valence-electron chi connectivity index (χ1n) is 6.19. The van der Waals surface area contributed by atoms with Crippen molar-refractivity contribution in [1.29, 1.82) is 0 Å². The highest BCUT2D eigenvalue weighted by atomic mass is 35.5. The number of nitrogens with one attached hydrogen (secondary N) is 1. The third kappa shape index (κ3) is 3.78. The van der Waals surface area contributed by atoms with E-state index in [4.69, 9.17) is 27.9 Å². The van der Waals surface area contributed by atoms with E-state index < -0.39 is 0 Å². The molecule has 0 amide bonds. The molecule has 1 aromatic carbocycles. The third-order valence-electron chi connectivity index (χ3n) is 3.05. The van der Waals surface area contributed by atoms with Crippen LogP contribution in [0.15, 0.2) is 12.1 Å². The van der Waals surface area contributed by atoms with Crippen LogP contribution < -0.4 is 10.1 Å². The SMILES string of the molecule is CCOc1cc(Cl)c(C(C)(C)CCNC)cc1Cl. The highest BCUT2D eigenvalue weighted by molar-refractivity contribution is 6.34. The van der Waals surface area contributed by atoms with Crippen LogP contribution in [0.2, 0.25) is 10.0 Å². The van der Waals surface area contributed by atoms with Gasteiger partial charge in [-0.3, -0.25) is 0 Å². The van der Waals surface area contributed by atoms with Crippen LogP contribution >= 0.6 is 23.2 Å². The molecule has 0 fully saturated rings. The second-order valence-electron chi connectivity index (χ2n) is 4.93. The summed E-state index contributed by atoms with van der Waals surface area (Å²) in [4.78, 5) is 0. The molecule has 0 unspecified atom stereocenters. The van der Waals surface area contributed by atoms with Gasteiger partial charge in [-0.2, -0.15) is 0 Å². The summed E-state index contributed by atoms with van der Waals surface area (Å²) in [7, 11) is 1.95. The average molecular weight is 290 g/mol. The van der Waals surface area contributed by atoms with Gasteiger partial charge in [0, 0.05) is 11.1 Å². The van der Waals surface area contributed by atoms with Crippen LogP contribution in [0.25, 0.3) is 0 Å². The summed E-state index contributed by atoms with van der Waals surface area (Å²) in [5.41, 5.74) is 1.04. The van der Waals surface area contributed by atoms with Gasteiger partial charge in [0.15, 0.2) is 0 Å². The van der Waals surface area contributed by atoms with Crippen LogP contribution in [0.1, 0.15) is 32.8 Å². The first kappa shape index (κ1) is 15.6. The van der Waals surface area contributed by atoms with Crippen LogP contribution in [0, 0.1) is 0 Å². The molecule has 0 atom stereocenters. The highest BCUT2D eigenvalue weighted by Crippen LogP contribution is 2.38. The van der Waals surface area contributed by atoms with Gasteiger partial charge in [-0.05, 0) is 44.0 Å². The Morgan fingerprint density at radius 1 is 1.22 bits per heavy atom. The molecule has 2 nitrogen and oxygen atoms in total. The zero-order valence-electron chi connectivity index (χ0n) is 11.4. The predicted octanol–water partition coefficient (Wildman–Crippen LogP) is 4.28. The number of ether oxygens (including phenoxy) is 1. The Balaban J connectivity index is 3.06. The van der Waals surface area contributed by atoms with Crippen molar-refractivity contribution in [1.82, 2.24) is 5.32 Å². The van der Waals surface area contributed by atoms with Crippen molar-refractivity contribution in [2.45, 2.75) is 32.6 Å². The van der Waals surface area contributed by atoms with Crippen molar-refractivity contribution in [3.05, 3.63) is 27.7 Å². The number of halogens is 2. The molecular weight excluding hydrogens is 269 g/mol. The number of hydrogen-bond donors (Lipinski definition) is 1. The van der Waals surface area contributed by atoms with Crippen LogP contribution in [-0.4, -0.2) is 20.2 Å². The van der Waals surface area contributed by atoms with E-state index >= 15 is 0 Å². The molecule has 1 rings (SSSR count). The van der Waals surface area contributed by atoms with Crippen molar-refractivity contribution in [3.63, 3.8) is 0 Å². The molecule has 0 spiro atoms. The predicted molar refractivity (Wildman–Crippen MR) is 79.2 cm³/mol. The summed E-state index contributed by atoms with van der Waals surface area (Å²) in [6.07, 6.45) is 0.994. The molecule has 0 aromatic heterocycles. The smallest absolute Gasteiger partial charge is 0.139 e. The van der Waals surface area contributed by atoms with Gasteiger partial charge in [0.25, 0.3) is 0 Å². The molecule has 102 valence electrons. The quantitative estimate of drug-likeness (QED) is 0.844. The maximum absolute atomic E-state index is 6.34. The Bertz CT molecular complexity index is 405. The van der Waals surface area contributed by atoms with Gasteiger partial charge in [0.05, 0.1) is 11.6 Å². The van der Waals surface area contributed by atoms with E-state index in [1.54, 1.807) is 0 Å². The molecule has 0 heterocycles. The molecule has 0 aliphatic carbocycles. The normalized spacial score (nSPS) is 11.7. The second kappa shape index (κ2) is 6.65. The lowest BCUT2D eigenvalue weighted by Gasteiger charge is -2.27. The average Bonchev–Trinajstić information content (AvgIpc) is 2.31. The van der Waals surface area contributed by atoms with E-state index in [-0.39, 0.29) is 5.41 Å². The van der Waals surface area contributed by atoms with Gasteiger partial charge in [-0.25, -0.2) is 0 Å². The lowest BCUT2D eigenvalue weighted by atomic mass is 9.81. The maximum Gasteiger partial charge on any atom is 0.139 e. The van der Waals surface area contributed by atoms with Crippen molar-refractivity contribution >= 4 is 23.2 Å². The van der Waals surface area contributed by atoms with Gasteiger partial charge < -0.3 is 10.1 Å².